The first-order chi connectivity index (χ1) is 13.3. The van der Waals surface area contributed by atoms with Gasteiger partial charge in [-0.2, -0.15) is 0 Å². The zero-order valence-electron chi connectivity index (χ0n) is 16.4. The van der Waals surface area contributed by atoms with Gasteiger partial charge in [0.05, 0.1) is 20.3 Å². The highest BCUT2D eigenvalue weighted by Crippen LogP contribution is 2.25. The lowest BCUT2D eigenvalue weighted by atomic mass is 10.1. The first-order valence-corrected chi connectivity index (χ1v) is 9.24. The summed E-state index contributed by atoms with van der Waals surface area (Å²) in [5, 5.41) is 6.59. The van der Waals surface area contributed by atoms with Crippen molar-refractivity contribution in [2.24, 2.45) is 4.99 Å². The van der Waals surface area contributed by atoms with Gasteiger partial charge in [-0.25, -0.2) is 0 Å². The number of aliphatic imine (C=N–C) groups is 1. The van der Waals surface area contributed by atoms with E-state index in [9.17, 15) is 0 Å². The zero-order valence-corrected chi connectivity index (χ0v) is 18.7. The molecule has 6 nitrogen and oxygen atoms in total. The molecule has 0 saturated heterocycles. The molecule has 0 spiro atoms. The molecule has 0 aromatic heterocycles. The fraction of sp³-hybridized carbons (Fsp3) is 0.381. The van der Waals surface area contributed by atoms with E-state index in [2.05, 4.69) is 33.8 Å². The number of nitrogens with one attached hydrogen (secondary N) is 2. The minimum Gasteiger partial charge on any atom is -0.497 e. The number of guanidine groups is 1. The summed E-state index contributed by atoms with van der Waals surface area (Å²) in [7, 11) is 3.41. The molecule has 0 aliphatic carbocycles. The van der Waals surface area contributed by atoms with Gasteiger partial charge in [0.25, 0.3) is 0 Å². The highest BCUT2D eigenvalue weighted by Gasteiger charge is 2.11. The van der Waals surface area contributed by atoms with Gasteiger partial charge in [-0.05, 0) is 35.7 Å². The number of hydrogen-bond donors (Lipinski definition) is 2. The van der Waals surface area contributed by atoms with Crippen LogP contribution in [-0.2, 0) is 12.8 Å². The van der Waals surface area contributed by atoms with Crippen LogP contribution in [0.2, 0.25) is 0 Å². The summed E-state index contributed by atoms with van der Waals surface area (Å²) in [5.41, 5.74) is 2.62. The molecule has 1 heterocycles. The molecular formula is C21H28IN3O3. The highest BCUT2D eigenvalue weighted by molar-refractivity contribution is 14.0. The van der Waals surface area contributed by atoms with Crippen LogP contribution in [0, 0.1) is 0 Å². The second-order valence-electron chi connectivity index (χ2n) is 6.24. The predicted molar refractivity (Wildman–Crippen MR) is 123 cm³/mol. The lowest BCUT2D eigenvalue weighted by Gasteiger charge is -2.13. The highest BCUT2D eigenvalue weighted by atomic mass is 127. The van der Waals surface area contributed by atoms with Crippen LogP contribution in [0.25, 0.3) is 0 Å². The molecular weight excluding hydrogens is 469 g/mol. The lowest BCUT2D eigenvalue weighted by Crippen LogP contribution is -2.40. The van der Waals surface area contributed by atoms with E-state index in [1.165, 1.54) is 11.1 Å². The van der Waals surface area contributed by atoms with Gasteiger partial charge in [0.1, 0.15) is 23.9 Å². The van der Waals surface area contributed by atoms with Gasteiger partial charge in [0.15, 0.2) is 5.96 Å². The minimum atomic E-state index is 0. The van der Waals surface area contributed by atoms with Crippen molar-refractivity contribution in [1.82, 2.24) is 10.6 Å². The summed E-state index contributed by atoms with van der Waals surface area (Å²) in [6.07, 6.45) is 1.95. The Kier molecular flexibility index (Phi) is 9.19. The van der Waals surface area contributed by atoms with Crippen LogP contribution in [0.3, 0.4) is 0 Å². The Morgan fingerprint density at radius 3 is 2.75 bits per heavy atom. The van der Waals surface area contributed by atoms with Crippen LogP contribution in [0.5, 0.6) is 17.2 Å². The topological polar surface area (TPSA) is 64.1 Å². The van der Waals surface area contributed by atoms with E-state index in [4.69, 9.17) is 14.2 Å². The Morgan fingerprint density at radius 1 is 1.11 bits per heavy atom. The molecule has 1 aliphatic heterocycles. The van der Waals surface area contributed by atoms with Gasteiger partial charge in [0.2, 0.25) is 0 Å². The van der Waals surface area contributed by atoms with E-state index >= 15 is 0 Å². The van der Waals surface area contributed by atoms with Crippen molar-refractivity contribution >= 4 is 29.9 Å². The summed E-state index contributed by atoms with van der Waals surface area (Å²) in [6.45, 7) is 2.81. The fourth-order valence-electron chi connectivity index (χ4n) is 2.97. The van der Waals surface area contributed by atoms with Crippen molar-refractivity contribution in [1.29, 1.82) is 0 Å². The maximum atomic E-state index is 5.72. The van der Waals surface area contributed by atoms with Gasteiger partial charge < -0.3 is 24.8 Å². The van der Waals surface area contributed by atoms with E-state index in [-0.39, 0.29) is 24.0 Å². The number of fused-ring (bicyclic) bond motifs is 1. The molecule has 0 bridgehead atoms. The zero-order chi connectivity index (χ0) is 18.9. The summed E-state index contributed by atoms with van der Waals surface area (Å²) >= 11 is 0. The number of ether oxygens (including phenoxy) is 3. The summed E-state index contributed by atoms with van der Waals surface area (Å²) in [6, 6.07) is 14.0. The molecule has 2 N–H and O–H groups in total. The SMILES string of the molecule is CN=C(NCCOc1cccc(OC)c1)NCCc1ccc2c(c1)CCO2.I. The van der Waals surface area contributed by atoms with Gasteiger partial charge >= 0.3 is 0 Å². The fourth-order valence-corrected chi connectivity index (χ4v) is 2.97. The van der Waals surface area contributed by atoms with Crippen LogP contribution in [0.4, 0.5) is 0 Å². The molecule has 2 aromatic carbocycles. The van der Waals surface area contributed by atoms with Crippen molar-refractivity contribution in [3.8, 4) is 17.2 Å². The quantitative estimate of drug-likeness (QED) is 0.254. The maximum absolute atomic E-state index is 5.72. The normalized spacial score (nSPS) is 12.4. The van der Waals surface area contributed by atoms with Gasteiger partial charge in [0, 0.05) is 26.1 Å². The van der Waals surface area contributed by atoms with E-state index in [0.29, 0.717) is 13.2 Å². The molecule has 0 saturated carbocycles. The average molecular weight is 497 g/mol. The largest absolute Gasteiger partial charge is 0.497 e. The van der Waals surface area contributed by atoms with Crippen LogP contribution < -0.4 is 24.8 Å². The van der Waals surface area contributed by atoms with Crippen LogP contribution >= 0.6 is 24.0 Å². The number of methoxy groups -OCH3 is 1. The Bertz CT molecular complexity index is 783. The molecule has 2 aromatic rings. The van der Waals surface area contributed by atoms with E-state index in [1.54, 1.807) is 14.2 Å². The number of nitrogens with zero attached hydrogens (tertiary/aromatic N) is 1. The van der Waals surface area contributed by atoms with Crippen molar-refractivity contribution in [2.75, 3.05) is 40.5 Å². The Labute approximate surface area is 183 Å². The third-order valence-electron chi connectivity index (χ3n) is 4.39. The molecule has 7 heteroatoms. The first-order valence-electron chi connectivity index (χ1n) is 9.24. The monoisotopic (exact) mass is 497 g/mol. The number of halogens is 1. The van der Waals surface area contributed by atoms with E-state index in [0.717, 1.165) is 49.2 Å². The molecule has 0 unspecified atom stereocenters. The van der Waals surface area contributed by atoms with Gasteiger partial charge in [-0.15, -0.1) is 24.0 Å². The molecule has 1 aliphatic rings. The van der Waals surface area contributed by atoms with Crippen LogP contribution in [0.1, 0.15) is 11.1 Å². The average Bonchev–Trinajstić information content (AvgIpc) is 3.18. The Morgan fingerprint density at radius 2 is 1.93 bits per heavy atom. The lowest BCUT2D eigenvalue weighted by molar-refractivity contribution is 0.319. The Hall–Kier alpha value is -2.16. The molecule has 0 fully saturated rings. The number of hydrogen-bond acceptors (Lipinski definition) is 4. The summed E-state index contributed by atoms with van der Waals surface area (Å²) in [5.74, 6) is 3.38. The summed E-state index contributed by atoms with van der Waals surface area (Å²) in [4.78, 5) is 4.25. The molecule has 152 valence electrons. The third kappa shape index (κ3) is 6.47. The van der Waals surface area contributed by atoms with Gasteiger partial charge in [-0.1, -0.05) is 18.2 Å². The number of rotatable bonds is 8. The third-order valence-corrected chi connectivity index (χ3v) is 4.39. The maximum Gasteiger partial charge on any atom is 0.191 e. The molecule has 0 amide bonds. The van der Waals surface area contributed by atoms with E-state index in [1.807, 2.05) is 24.3 Å². The summed E-state index contributed by atoms with van der Waals surface area (Å²) < 4.78 is 16.5. The van der Waals surface area contributed by atoms with Crippen LogP contribution in [-0.4, -0.2) is 46.4 Å². The molecule has 0 atom stereocenters. The van der Waals surface area contributed by atoms with Crippen molar-refractivity contribution < 1.29 is 14.2 Å². The smallest absolute Gasteiger partial charge is 0.191 e. The van der Waals surface area contributed by atoms with Crippen molar-refractivity contribution in [3.63, 3.8) is 0 Å². The first kappa shape index (κ1) is 22.1. The standard InChI is InChI=1S/C21H27N3O3.HI/c1-22-21(24-11-13-26-19-5-3-4-18(15-19)25-2)23-10-8-16-6-7-20-17(14-16)9-12-27-20;/h3-7,14-15H,8-13H2,1-2H3,(H2,22,23,24);1H. The van der Waals surface area contributed by atoms with Gasteiger partial charge in [-0.3, -0.25) is 4.99 Å². The van der Waals surface area contributed by atoms with Crippen molar-refractivity contribution in [3.05, 3.63) is 53.6 Å². The molecule has 3 rings (SSSR count). The number of benzene rings is 2. The predicted octanol–water partition coefficient (Wildman–Crippen LogP) is 3.03. The van der Waals surface area contributed by atoms with E-state index < -0.39 is 0 Å². The Balaban J connectivity index is 0.00000280. The van der Waals surface area contributed by atoms with Crippen LogP contribution in [0.15, 0.2) is 47.5 Å². The molecule has 28 heavy (non-hydrogen) atoms. The second kappa shape index (κ2) is 11.6. The molecule has 0 radical (unpaired) electrons. The van der Waals surface area contributed by atoms with Crippen molar-refractivity contribution in [2.45, 2.75) is 12.8 Å². The second-order valence-corrected chi connectivity index (χ2v) is 6.24. The minimum absolute atomic E-state index is 0.